The lowest BCUT2D eigenvalue weighted by molar-refractivity contribution is -0.119. The first-order valence-electron chi connectivity index (χ1n) is 3.89. The van der Waals surface area contributed by atoms with E-state index in [1.54, 1.807) is 0 Å². The number of rotatable bonds is 4. The molecule has 3 amide bonds. The molecule has 0 aliphatic heterocycles. The minimum Gasteiger partial charge on any atom is -0.351 e. The molecule has 0 bridgehead atoms. The standard InChI is InChI=1S/C8H13N3O2/c1-3-6(4-2)10-5-7(12)11-8(9)13/h1,6,10H,4-5H2,2H3,(H3,9,11,12,13). The van der Waals surface area contributed by atoms with Crippen molar-refractivity contribution in [2.75, 3.05) is 6.54 Å². The quantitative estimate of drug-likeness (QED) is 0.498. The first-order valence-corrected chi connectivity index (χ1v) is 3.89. The number of amides is 3. The number of terminal acetylenes is 1. The van der Waals surface area contributed by atoms with E-state index in [2.05, 4.69) is 11.2 Å². The third kappa shape index (κ3) is 5.70. The molecule has 0 spiro atoms. The molecule has 4 N–H and O–H groups in total. The van der Waals surface area contributed by atoms with Gasteiger partial charge in [-0.2, -0.15) is 0 Å². The number of urea groups is 1. The second kappa shape index (κ2) is 6.03. The van der Waals surface area contributed by atoms with Crippen LogP contribution < -0.4 is 16.4 Å². The van der Waals surface area contributed by atoms with Crippen LogP contribution >= 0.6 is 0 Å². The summed E-state index contributed by atoms with van der Waals surface area (Å²) in [6.45, 7) is 1.88. The van der Waals surface area contributed by atoms with E-state index in [9.17, 15) is 9.59 Å². The molecule has 5 heteroatoms. The molecule has 0 heterocycles. The summed E-state index contributed by atoms with van der Waals surface area (Å²) in [5, 5.41) is 4.68. The van der Waals surface area contributed by atoms with Crippen molar-refractivity contribution in [3.63, 3.8) is 0 Å². The van der Waals surface area contributed by atoms with E-state index in [0.717, 1.165) is 6.42 Å². The highest BCUT2D eigenvalue weighted by Crippen LogP contribution is 1.85. The zero-order chi connectivity index (χ0) is 10.3. The lowest BCUT2D eigenvalue weighted by atomic mass is 10.2. The number of primary amides is 1. The highest BCUT2D eigenvalue weighted by molar-refractivity contribution is 5.94. The Hall–Kier alpha value is -1.54. The van der Waals surface area contributed by atoms with Crippen molar-refractivity contribution in [2.45, 2.75) is 19.4 Å². The summed E-state index contributed by atoms with van der Waals surface area (Å²) in [5.41, 5.74) is 4.73. The van der Waals surface area contributed by atoms with Crippen LogP contribution in [0, 0.1) is 12.3 Å². The second-order valence-corrected chi connectivity index (χ2v) is 2.42. The molecule has 13 heavy (non-hydrogen) atoms. The molecular formula is C8H13N3O2. The van der Waals surface area contributed by atoms with E-state index in [0.29, 0.717) is 0 Å². The minimum atomic E-state index is -0.861. The second-order valence-electron chi connectivity index (χ2n) is 2.42. The largest absolute Gasteiger partial charge is 0.351 e. The third-order valence-electron chi connectivity index (χ3n) is 1.38. The molecule has 0 aromatic carbocycles. The van der Waals surface area contributed by atoms with Crippen LogP contribution in [0.5, 0.6) is 0 Å². The number of nitrogens with one attached hydrogen (secondary N) is 2. The van der Waals surface area contributed by atoms with Crippen molar-refractivity contribution < 1.29 is 9.59 Å². The predicted octanol–water partition coefficient (Wildman–Crippen LogP) is -0.817. The average molecular weight is 183 g/mol. The monoisotopic (exact) mass is 183 g/mol. The van der Waals surface area contributed by atoms with E-state index < -0.39 is 11.9 Å². The maximum absolute atomic E-state index is 10.8. The van der Waals surface area contributed by atoms with Crippen molar-refractivity contribution in [3.05, 3.63) is 0 Å². The first-order chi connectivity index (χ1) is 6.10. The molecule has 72 valence electrons. The van der Waals surface area contributed by atoms with Crippen LogP contribution in [0.2, 0.25) is 0 Å². The van der Waals surface area contributed by atoms with Gasteiger partial charge in [-0.15, -0.1) is 6.42 Å². The molecular weight excluding hydrogens is 170 g/mol. The molecule has 5 nitrogen and oxygen atoms in total. The van der Waals surface area contributed by atoms with Crippen molar-refractivity contribution in [2.24, 2.45) is 5.73 Å². The Labute approximate surface area is 77.1 Å². The lowest BCUT2D eigenvalue weighted by Crippen LogP contribution is -2.42. The maximum atomic E-state index is 10.8. The smallest absolute Gasteiger partial charge is 0.318 e. The fourth-order valence-electron chi connectivity index (χ4n) is 0.719. The molecule has 0 saturated heterocycles. The van der Waals surface area contributed by atoms with Crippen molar-refractivity contribution >= 4 is 11.9 Å². The Kier molecular flexibility index (Phi) is 5.32. The van der Waals surface area contributed by atoms with Gasteiger partial charge in [0, 0.05) is 0 Å². The van der Waals surface area contributed by atoms with E-state index in [1.165, 1.54) is 0 Å². The fourth-order valence-corrected chi connectivity index (χ4v) is 0.719. The van der Waals surface area contributed by atoms with Gasteiger partial charge in [-0.3, -0.25) is 15.4 Å². The Morgan fingerprint density at radius 1 is 1.62 bits per heavy atom. The molecule has 0 aromatic heterocycles. The van der Waals surface area contributed by atoms with Gasteiger partial charge in [0.2, 0.25) is 5.91 Å². The summed E-state index contributed by atoms with van der Waals surface area (Å²) < 4.78 is 0. The molecule has 0 aliphatic rings. The normalized spacial score (nSPS) is 11.4. The number of imide groups is 1. The van der Waals surface area contributed by atoms with Gasteiger partial charge in [0.05, 0.1) is 12.6 Å². The summed E-state index contributed by atoms with van der Waals surface area (Å²) in [6.07, 6.45) is 5.86. The van der Waals surface area contributed by atoms with Gasteiger partial charge < -0.3 is 5.73 Å². The van der Waals surface area contributed by atoms with Crippen LogP contribution in [0.1, 0.15) is 13.3 Å². The number of carbonyl (C=O) groups excluding carboxylic acids is 2. The summed E-state index contributed by atoms with van der Waals surface area (Å²) in [5.74, 6) is 1.97. The van der Waals surface area contributed by atoms with Crippen LogP contribution in [0.15, 0.2) is 0 Å². The Bertz CT molecular complexity index is 232. The first kappa shape index (κ1) is 11.5. The number of carbonyl (C=O) groups is 2. The van der Waals surface area contributed by atoms with Crippen molar-refractivity contribution in [1.29, 1.82) is 0 Å². The van der Waals surface area contributed by atoms with Gasteiger partial charge in [-0.05, 0) is 6.42 Å². The summed E-state index contributed by atoms with van der Waals surface area (Å²) in [4.78, 5) is 21.1. The predicted molar refractivity (Wildman–Crippen MR) is 48.6 cm³/mol. The van der Waals surface area contributed by atoms with Gasteiger partial charge in [0.15, 0.2) is 0 Å². The van der Waals surface area contributed by atoms with Gasteiger partial charge in [-0.25, -0.2) is 4.79 Å². The topological polar surface area (TPSA) is 84.2 Å². The van der Waals surface area contributed by atoms with Crippen LogP contribution in [-0.2, 0) is 4.79 Å². The van der Waals surface area contributed by atoms with Gasteiger partial charge in [-0.1, -0.05) is 12.8 Å². The molecule has 1 atom stereocenters. The molecule has 0 rings (SSSR count). The van der Waals surface area contributed by atoms with Crippen LogP contribution in [0.3, 0.4) is 0 Å². The Morgan fingerprint density at radius 3 is 2.62 bits per heavy atom. The average Bonchev–Trinajstić information content (AvgIpc) is 2.05. The van der Waals surface area contributed by atoms with Crippen molar-refractivity contribution in [1.82, 2.24) is 10.6 Å². The summed E-state index contributed by atoms with van der Waals surface area (Å²) in [6, 6.07) is -1.01. The molecule has 0 aromatic rings. The summed E-state index contributed by atoms with van der Waals surface area (Å²) >= 11 is 0. The Balaban J connectivity index is 3.70. The fraction of sp³-hybridized carbons (Fsp3) is 0.500. The molecule has 0 fully saturated rings. The van der Waals surface area contributed by atoms with Gasteiger partial charge in [0.25, 0.3) is 0 Å². The minimum absolute atomic E-state index is 0.00829. The summed E-state index contributed by atoms with van der Waals surface area (Å²) in [7, 11) is 0. The van der Waals surface area contributed by atoms with E-state index in [4.69, 9.17) is 12.2 Å². The van der Waals surface area contributed by atoms with Crippen LogP contribution in [-0.4, -0.2) is 24.5 Å². The molecule has 0 aliphatic carbocycles. The van der Waals surface area contributed by atoms with Gasteiger partial charge in [0.1, 0.15) is 0 Å². The zero-order valence-corrected chi connectivity index (χ0v) is 7.46. The van der Waals surface area contributed by atoms with Crippen molar-refractivity contribution in [3.8, 4) is 12.3 Å². The van der Waals surface area contributed by atoms with Crippen LogP contribution in [0.25, 0.3) is 0 Å². The highest BCUT2D eigenvalue weighted by Gasteiger charge is 2.06. The number of nitrogens with two attached hydrogens (primary N) is 1. The maximum Gasteiger partial charge on any atom is 0.318 e. The molecule has 1 unspecified atom stereocenters. The van der Waals surface area contributed by atoms with E-state index in [-0.39, 0.29) is 12.6 Å². The number of hydrogen-bond donors (Lipinski definition) is 3. The van der Waals surface area contributed by atoms with Gasteiger partial charge >= 0.3 is 6.03 Å². The molecule has 0 radical (unpaired) electrons. The third-order valence-corrected chi connectivity index (χ3v) is 1.38. The zero-order valence-electron chi connectivity index (χ0n) is 7.46. The highest BCUT2D eigenvalue weighted by atomic mass is 16.2. The SMILES string of the molecule is C#CC(CC)NCC(=O)NC(N)=O. The Morgan fingerprint density at radius 2 is 2.23 bits per heavy atom. The van der Waals surface area contributed by atoms with Crippen LogP contribution in [0.4, 0.5) is 4.79 Å². The molecule has 0 saturated carbocycles. The lowest BCUT2D eigenvalue weighted by Gasteiger charge is -2.08. The number of hydrogen-bond acceptors (Lipinski definition) is 3. The van der Waals surface area contributed by atoms with E-state index in [1.807, 2.05) is 12.2 Å². The van der Waals surface area contributed by atoms with E-state index >= 15 is 0 Å².